The van der Waals surface area contributed by atoms with E-state index in [1.54, 1.807) is 0 Å². The Kier molecular flexibility index (Phi) is 5.56. The predicted octanol–water partition coefficient (Wildman–Crippen LogP) is 2.26. The molecule has 3 N–H and O–H groups in total. The number of nitrogens with two attached hydrogens (primary N) is 1. The van der Waals surface area contributed by atoms with Gasteiger partial charge in [-0.3, -0.25) is 4.79 Å². The summed E-state index contributed by atoms with van der Waals surface area (Å²) in [6.07, 6.45) is 3.85. The van der Waals surface area contributed by atoms with Crippen LogP contribution in [0.15, 0.2) is 18.2 Å². The number of hydrogen-bond acceptors (Lipinski definition) is 3. The predicted molar refractivity (Wildman–Crippen MR) is 82.6 cm³/mol. The number of benzene rings is 1. The Hall–Kier alpha value is -1.62. The number of carbonyl (C=O) groups excluding carboxylic acids is 1. The summed E-state index contributed by atoms with van der Waals surface area (Å²) in [4.78, 5) is 14.5. The van der Waals surface area contributed by atoms with Gasteiger partial charge in [0.2, 0.25) is 0 Å². The SMILES string of the molecule is CC(CNC(=O)c1cc(F)ccc1N)CN1CCCCC1. The second-order valence-electron chi connectivity index (χ2n) is 5.91. The first-order chi connectivity index (χ1) is 10.1. The van der Waals surface area contributed by atoms with Crippen LogP contribution >= 0.6 is 0 Å². The van der Waals surface area contributed by atoms with E-state index in [4.69, 9.17) is 5.73 Å². The van der Waals surface area contributed by atoms with Gasteiger partial charge in [-0.2, -0.15) is 0 Å². The molecule has 1 amide bonds. The molecule has 21 heavy (non-hydrogen) atoms. The van der Waals surface area contributed by atoms with Crippen molar-refractivity contribution in [1.82, 2.24) is 10.2 Å². The van der Waals surface area contributed by atoms with Crippen LogP contribution in [0.3, 0.4) is 0 Å². The third-order valence-corrected chi connectivity index (χ3v) is 3.89. The van der Waals surface area contributed by atoms with Crippen molar-refractivity contribution in [2.45, 2.75) is 26.2 Å². The van der Waals surface area contributed by atoms with Gasteiger partial charge >= 0.3 is 0 Å². The number of piperidine rings is 1. The molecule has 0 radical (unpaired) electrons. The molecule has 2 rings (SSSR count). The lowest BCUT2D eigenvalue weighted by Crippen LogP contribution is -2.38. The molecule has 1 aromatic rings. The summed E-state index contributed by atoms with van der Waals surface area (Å²) in [6.45, 7) is 5.97. The van der Waals surface area contributed by atoms with E-state index < -0.39 is 5.82 Å². The number of nitrogens with zero attached hydrogens (tertiary/aromatic N) is 1. The van der Waals surface area contributed by atoms with Gasteiger partial charge in [-0.25, -0.2) is 4.39 Å². The van der Waals surface area contributed by atoms with Crippen LogP contribution in [0.4, 0.5) is 10.1 Å². The van der Waals surface area contributed by atoms with Gasteiger partial charge in [-0.05, 0) is 50.0 Å². The fraction of sp³-hybridized carbons (Fsp3) is 0.562. The van der Waals surface area contributed by atoms with E-state index in [1.165, 1.54) is 37.5 Å². The monoisotopic (exact) mass is 293 g/mol. The largest absolute Gasteiger partial charge is 0.398 e. The number of likely N-dealkylation sites (tertiary alicyclic amines) is 1. The van der Waals surface area contributed by atoms with Crippen LogP contribution in [-0.4, -0.2) is 37.0 Å². The van der Waals surface area contributed by atoms with Crippen molar-refractivity contribution in [3.8, 4) is 0 Å². The first kappa shape index (κ1) is 15.8. The fourth-order valence-electron chi connectivity index (χ4n) is 2.73. The lowest BCUT2D eigenvalue weighted by molar-refractivity contribution is 0.0943. The van der Waals surface area contributed by atoms with E-state index in [0.717, 1.165) is 19.6 Å². The smallest absolute Gasteiger partial charge is 0.253 e. The van der Waals surface area contributed by atoms with Crippen LogP contribution in [0.2, 0.25) is 0 Å². The van der Waals surface area contributed by atoms with E-state index in [1.807, 2.05) is 0 Å². The zero-order valence-corrected chi connectivity index (χ0v) is 12.6. The second-order valence-corrected chi connectivity index (χ2v) is 5.91. The van der Waals surface area contributed by atoms with E-state index in [2.05, 4.69) is 17.1 Å². The average Bonchev–Trinajstić information content (AvgIpc) is 2.48. The van der Waals surface area contributed by atoms with E-state index in [0.29, 0.717) is 18.2 Å². The highest BCUT2D eigenvalue weighted by atomic mass is 19.1. The van der Waals surface area contributed by atoms with Crippen molar-refractivity contribution in [2.24, 2.45) is 5.92 Å². The van der Waals surface area contributed by atoms with E-state index >= 15 is 0 Å². The summed E-state index contributed by atoms with van der Waals surface area (Å²) in [5, 5.41) is 2.84. The first-order valence-corrected chi connectivity index (χ1v) is 7.62. The van der Waals surface area contributed by atoms with Crippen LogP contribution in [0, 0.1) is 11.7 Å². The number of carbonyl (C=O) groups is 1. The van der Waals surface area contributed by atoms with Gasteiger partial charge in [-0.15, -0.1) is 0 Å². The normalized spacial score (nSPS) is 17.4. The maximum Gasteiger partial charge on any atom is 0.253 e. The molecule has 1 heterocycles. The van der Waals surface area contributed by atoms with Crippen LogP contribution < -0.4 is 11.1 Å². The molecule has 5 heteroatoms. The quantitative estimate of drug-likeness (QED) is 0.819. The number of anilines is 1. The van der Waals surface area contributed by atoms with Crippen molar-refractivity contribution < 1.29 is 9.18 Å². The molecule has 1 unspecified atom stereocenters. The Morgan fingerprint density at radius 2 is 2.10 bits per heavy atom. The van der Waals surface area contributed by atoms with E-state index in [9.17, 15) is 9.18 Å². The topological polar surface area (TPSA) is 58.4 Å². The summed E-state index contributed by atoms with van der Waals surface area (Å²) in [5.41, 5.74) is 6.22. The van der Waals surface area contributed by atoms with Crippen molar-refractivity contribution in [2.75, 3.05) is 31.9 Å². The molecule has 0 aromatic heterocycles. The highest BCUT2D eigenvalue weighted by Crippen LogP contribution is 2.14. The minimum absolute atomic E-state index is 0.208. The Balaban J connectivity index is 1.81. The standard InChI is InChI=1S/C16H24FN3O/c1-12(11-20-7-3-2-4-8-20)10-19-16(21)14-9-13(17)5-6-15(14)18/h5-6,9,12H,2-4,7-8,10-11,18H2,1H3,(H,19,21). The molecular formula is C16H24FN3O. The number of nitrogen functional groups attached to an aromatic ring is 1. The van der Waals surface area contributed by atoms with Gasteiger partial charge in [0.15, 0.2) is 0 Å². The Bertz CT molecular complexity index is 486. The molecule has 1 aliphatic heterocycles. The molecule has 1 saturated heterocycles. The van der Waals surface area contributed by atoms with Gasteiger partial charge in [-0.1, -0.05) is 13.3 Å². The summed E-state index contributed by atoms with van der Waals surface area (Å²) < 4.78 is 13.2. The van der Waals surface area contributed by atoms with Gasteiger partial charge in [0, 0.05) is 18.8 Å². The highest BCUT2D eigenvalue weighted by molar-refractivity contribution is 5.99. The molecule has 0 spiro atoms. The molecule has 0 saturated carbocycles. The summed E-state index contributed by atoms with van der Waals surface area (Å²) in [7, 11) is 0. The molecule has 116 valence electrons. The van der Waals surface area contributed by atoms with Gasteiger partial charge in [0.25, 0.3) is 5.91 Å². The highest BCUT2D eigenvalue weighted by Gasteiger charge is 2.15. The molecule has 1 fully saturated rings. The summed E-state index contributed by atoms with van der Waals surface area (Å²) >= 11 is 0. The molecule has 0 aliphatic carbocycles. The van der Waals surface area contributed by atoms with Crippen LogP contribution in [0.25, 0.3) is 0 Å². The summed E-state index contributed by atoms with van der Waals surface area (Å²) in [5.74, 6) is -0.393. The van der Waals surface area contributed by atoms with Crippen LogP contribution in [0.5, 0.6) is 0 Å². The molecule has 1 aliphatic rings. The van der Waals surface area contributed by atoms with Crippen molar-refractivity contribution in [3.05, 3.63) is 29.6 Å². The molecule has 1 atom stereocenters. The van der Waals surface area contributed by atoms with Gasteiger partial charge in [0.05, 0.1) is 5.56 Å². The zero-order chi connectivity index (χ0) is 15.2. The fourth-order valence-corrected chi connectivity index (χ4v) is 2.73. The Morgan fingerprint density at radius 1 is 1.38 bits per heavy atom. The number of rotatable bonds is 5. The van der Waals surface area contributed by atoms with Crippen molar-refractivity contribution in [1.29, 1.82) is 0 Å². The first-order valence-electron chi connectivity index (χ1n) is 7.62. The van der Waals surface area contributed by atoms with Crippen molar-refractivity contribution >= 4 is 11.6 Å². The lowest BCUT2D eigenvalue weighted by atomic mass is 10.1. The van der Waals surface area contributed by atoms with Crippen molar-refractivity contribution in [3.63, 3.8) is 0 Å². The maximum atomic E-state index is 13.2. The van der Waals surface area contributed by atoms with Crippen LogP contribution in [-0.2, 0) is 0 Å². The third-order valence-electron chi connectivity index (χ3n) is 3.89. The van der Waals surface area contributed by atoms with Gasteiger partial charge < -0.3 is 16.0 Å². The van der Waals surface area contributed by atoms with Gasteiger partial charge in [0.1, 0.15) is 5.82 Å². The lowest BCUT2D eigenvalue weighted by Gasteiger charge is -2.29. The number of nitrogens with one attached hydrogen (secondary N) is 1. The van der Waals surface area contributed by atoms with Crippen LogP contribution in [0.1, 0.15) is 36.5 Å². The number of hydrogen-bond donors (Lipinski definition) is 2. The average molecular weight is 293 g/mol. The molecule has 1 aromatic carbocycles. The molecule has 4 nitrogen and oxygen atoms in total. The molecule has 0 bridgehead atoms. The minimum atomic E-state index is -0.448. The third kappa shape index (κ3) is 4.70. The maximum absolute atomic E-state index is 13.2. The minimum Gasteiger partial charge on any atom is -0.398 e. The van der Waals surface area contributed by atoms with E-state index in [-0.39, 0.29) is 11.5 Å². The number of amides is 1. The second kappa shape index (κ2) is 7.41. The number of halogens is 1. The molecular weight excluding hydrogens is 269 g/mol. The summed E-state index contributed by atoms with van der Waals surface area (Å²) in [6, 6.07) is 3.85. The zero-order valence-electron chi connectivity index (χ0n) is 12.6. The Morgan fingerprint density at radius 3 is 2.81 bits per heavy atom. The Labute approximate surface area is 125 Å².